The lowest BCUT2D eigenvalue weighted by molar-refractivity contribution is 0.824. The molecule has 0 saturated carbocycles. The molecule has 0 bridgehead atoms. The van der Waals surface area contributed by atoms with Crippen LogP contribution in [0.4, 0.5) is 5.82 Å². The van der Waals surface area contributed by atoms with Gasteiger partial charge in [-0.25, -0.2) is 4.98 Å². The van der Waals surface area contributed by atoms with Crippen molar-refractivity contribution < 1.29 is 5.48 Å². The molecule has 0 unspecified atom stereocenters. The van der Waals surface area contributed by atoms with Crippen molar-refractivity contribution in [3.8, 4) is 0 Å². The summed E-state index contributed by atoms with van der Waals surface area (Å²) < 4.78 is 1.01. The van der Waals surface area contributed by atoms with Crippen molar-refractivity contribution in [1.29, 1.82) is 0 Å². The molecule has 62 valence electrons. The molecule has 11 heavy (non-hydrogen) atoms. The average Bonchev–Trinajstić information content (AvgIpc) is 1.88. The topological polar surface area (TPSA) is 47.6 Å². The van der Waals surface area contributed by atoms with Gasteiger partial charge in [-0.15, -0.1) is 0 Å². The highest BCUT2D eigenvalue weighted by Crippen LogP contribution is 2.11. The van der Waals surface area contributed by atoms with E-state index in [-0.39, 0.29) is 5.48 Å². The third-order valence-corrected chi connectivity index (χ3v) is 1.64. The minimum absolute atomic E-state index is 0. The van der Waals surface area contributed by atoms with Crippen molar-refractivity contribution in [2.45, 2.75) is 0 Å². The number of rotatable bonds is 1. The van der Waals surface area contributed by atoms with E-state index < -0.39 is 0 Å². The quantitative estimate of drug-likeness (QED) is 0.709. The molecule has 0 aromatic carbocycles. The average molecular weight is 219 g/mol. The molecule has 0 atom stereocenters. The second-order valence-corrected chi connectivity index (χ2v) is 3.14. The van der Waals surface area contributed by atoms with Gasteiger partial charge in [0.1, 0.15) is 5.82 Å². The fourth-order valence-corrected chi connectivity index (χ4v) is 0.867. The van der Waals surface area contributed by atoms with Crippen LogP contribution in [0.5, 0.6) is 0 Å². The molecule has 0 saturated heterocycles. The normalized spacial score (nSPS) is 8.64. The van der Waals surface area contributed by atoms with E-state index in [2.05, 4.69) is 20.9 Å². The highest BCUT2D eigenvalue weighted by Gasteiger charge is 1.93. The maximum Gasteiger partial charge on any atom is 0.128 e. The number of hydrogen-bond acceptors (Lipinski definition) is 2. The van der Waals surface area contributed by atoms with Gasteiger partial charge in [-0.1, -0.05) is 0 Å². The Morgan fingerprint density at radius 1 is 1.36 bits per heavy atom. The molecule has 0 spiro atoms. The van der Waals surface area contributed by atoms with Crippen LogP contribution in [0.25, 0.3) is 0 Å². The van der Waals surface area contributed by atoms with Gasteiger partial charge in [-0.3, -0.25) is 0 Å². The van der Waals surface area contributed by atoms with E-state index >= 15 is 0 Å². The third kappa shape index (κ3) is 2.86. The van der Waals surface area contributed by atoms with Gasteiger partial charge in [0.2, 0.25) is 0 Å². The van der Waals surface area contributed by atoms with Crippen molar-refractivity contribution in [2.24, 2.45) is 0 Å². The summed E-state index contributed by atoms with van der Waals surface area (Å²) in [6.45, 7) is 0. The minimum Gasteiger partial charge on any atom is -0.412 e. The van der Waals surface area contributed by atoms with Crippen molar-refractivity contribution in [1.82, 2.24) is 4.98 Å². The van der Waals surface area contributed by atoms with Crippen molar-refractivity contribution in [2.75, 3.05) is 19.0 Å². The Morgan fingerprint density at radius 3 is 2.36 bits per heavy atom. The van der Waals surface area contributed by atoms with E-state index in [1.807, 2.05) is 31.1 Å². The van der Waals surface area contributed by atoms with E-state index in [9.17, 15) is 0 Å². The zero-order valence-corrected chi connectivity index (χ0v) is 8.09. The zero-order chi connectivity index (χ0) is 7.56. The Hall–Kier alpha value is -0.610. The summed E-state index contributed by atoms with van der Waals surface area (Å²) in [5.41, 5.74) is 0. The molecule has 3 nitrogen and oxygen atoms in total. The van der Waals surface area contributed by atoms with Crippen molar-refractivity contribution >= 4 is 21.7 Å². The smallest absolute Gasteiger partial charge is 0.128 e. The molecule has 1 aromatic heterocycles. The lowest BCUT2D eigenvalue weighted by Crippen LogP contribution is -2.09. The fourth-order valence-electron chi connectivity index (χ4n) is 0.633. The molecule has 0 aliphatic carbocycles. The summed E-state index contributed by atoms with van der Waals surface area (Å²) in [6, 6.07) is 3.94. The number of anilines is 1. The minimum atomic E-state index is 0. The summed E-state index contributed by atoms with van der Waals surface area (Å²) in [7, 11) is 3.94. The fraction of sp³-hybridized carbons (Fsp3) is 0.286. The molecule has 0 fully saturated rings. The molecule has 0 aliphatic rings. The number of halogens is 1. The highest BCUT2D eigenvalue weighted by atomic mass is 79.9. The summed E-state index contributed by atoms with van der Waals surface area (Å²) >= 11 is 3.31. The van der Waals surface area contributed by atoms with Gasteiger partial charge < -0.3 is 10.4 Å². The Labute approximate surface area is 74.5 Å². The molecule has 0 aliphatic heterocycles. The lowest BCUT2D eigenvalue weighted by atomic mass is 10.4. The van der Waals surface area contributed by atoms with Crippen LogP contribution in [-0.4, -0.2) is 24.6 Å². The highest BCUT2D eigenvalue weighted by molar-refractivity contribution is 9.10. The predicted octanol–water partition coefficient (Wildman–Crippen LogP) is 1.09. The van der Waals surface area contributed by atoms with Gasteiger partial charge in [-0.2, -0.15) is 0 Å². The van der Waals surface area contributed by atoms with Gasteiger partial charge in [-0.05, 0) is 28.1 Å². The second kappa shape index (κ2) is 4.31. The van der Waals surface area contributed by atoms with Gasteiger partial charge in [0.15, 0.2) is 0 Å². The van der Waals surface area contributed by atoms with Crippen LogP contribution < -0.4 is 4.90 Å². The Morgan fingerprint density at radius 2 is 2.00 bits per heavy atom. The number of hydrogen-bond donors (Lipinski definition) is 0. The first-order valence-corrected chi connectivity index (χ1v) is 3.78. The SMILES string of the molecule is CN(C)c1ccc(Br)cn1.O. The van der Waals surface area contributed by atoms with Gasteiger partial charge in [0, 0.05) is 24.8 Å². The van der Waals surface area contributed by atoms with E-state index in [1.165, 1.54) is 0 Å². The van der Waals surface area contributed by atoms with E-state index in [1.54, 1.807) is 6.20 Å². The molecule has 4 heteroatoms. The first kappa shape index (κ1) is 10.4. The number of nitrogens with zero attached hydrogens (tertiary/aromatic N) is 2. The number of aromatic nitrogens is 1. The molecular formula is C7H11BrN2O. The Balaban J connectivity index is 0.000001000. The molecule has 1 heterocycles. The molecule has 0 radical (unpaired) electrons. The van der Waals surface area contributed by atoms with Crippen LogP contribution >= 0.6 is 15.9 Å². The summed E-state index contributed by atoms with van der Waals surface area (Å²) in [5, 5.41) is 0. The summed E-state index contributed by atoms with van der Waals surface area (Å²) in [5.74, 6) is 0.975. The second-order valence-electron chi connectivity index (χ2n) is 2.23. The maximum absolute atomic E-state index is 4.16. The van der Waals surface area contributed by atoms with Crippen LogP contribution in [0, 0.1) is 0 Å². The van der Waals surface area contributed by atoms with Crippen LogP contribution in [0.15, 0.2) is 22.8 Å². The first-order chi connectivity index (χ1) is 4.70. The van der Waals surface area contributed by atoms with Crippen molar-refractivity contribution in [3.63, 3.8) is 0 Å². The number of pyridine rings is 1. The predicted molar refractivity (Wildman–Crippen MR) is 49.9 cm³/mol. The van der Waals surface area contributed by atoms with Crippen LogP contribution in [0.1, 0.15) is 0 Å². The van der Waals surface area contributed by atoms with Gasteiger partial charge in [0.25, 0.3) is 0 Å². The van der Waals surface area contributed by atoms with E-state index in [0.717, 1.165) is 10.3 Å². The van der Waals surface area contributed by atoms with Crippen LogP contribution in [0.3, 0.4) is 0 Å². The van der Waals surface area contributed by atoms with Crippen LogP contribution in [0.2, 0.25) is 0 Å². The Kier molecular flexibility index (Phi) is 4.07. The Bertz CT molecular complexity index is 210. The molecule has 2 N–H and O–H groups in total. The summed E-state index contributed by atoms with van der Waals surface area (Å²) in [4.78, 5) is 6.12. The van der Waals surface area contributed by atoms with E-state index in [4.69, 9.17) is 0 Å². The van der Waals surface area contributed by atoms with Crippen molar-refractivity contribution in [3.05, 3.63) is 22.8 Å². The summed E-state index contributed by atoms with van der Waals surface area (Å²) in [6.07, 6.45) is 1.79. The third-order valence-electron chi connectivity index (χ3n) is 1.17. The largest absolute Gasteiger partial charge is 0.412 e. The van der Waals surface area contributed by atoms with E-state index in [0.29, 0.717) is 0 Å². The van der Waals surface area contributed by atoms with Gasteiger partial charge >= 0.3 is 0 Å². The molecule has 1 rings (SSSR count). The maximum atomic E-state index is 4.16. The zero-order valence-electron chi connectivity index (χ0n) is 6.50. The van der Waals surface area contributed by atoms with Gasteiger partial charge in [0.05, 0.1) is 0 Å². The lowest BCUT2D eigenvalue weighted by Gasteiger charge is -2.09. The van der Waals surface area contributed by atoms with Crippen LogP contribution in [-0.2, 0) is 0 Å². The molecule has 0 amide bonds. The monoisotopic (exact) mass is 218 g/mol. The molecular weight excluding hydrogens is 208 g/mol. The molecule has 1 aromatic rings. The first-order valence-electron chi connectivity index (χ1n) is 2.99. The standard InChI is InChI=1S/C7H9BrN2.H2O/c1-10(2)7-4-3-6(8)5-9-7;/h3-5H,1-2H3;1H2.